The summed E-state index contributed by atoms with van der Waals surface area (Å²) in [6, 6.07) is 0. The molecular formula is C8H9N5O2. The molecule has 0 spiro atoms. The predicted octanol–water partition coefficient (Wildman–Crippen LogP) is 0.573. The van der Waals surface area contributed by atoms with Crippen molar-refractivity contribution in [1.29, 1.82) is 0 Å². The number of hydrogen-bond acceptors (Lipinski definition) is 4. The molecule has 78 valence electrons. The largest absolute Gasteiger partial charge is 0.307 e. The quantitative estimate of drug-likeness (QED) is 0.544. The van der Waals surface area contributed by atoms with Crippen molar-refractivity contribution in [3.8, 4) is 0 Å². The summed E-state index contributed by atoms with van der Waals surface area (Å²) in [6.07, 6.45) is 6.17. The van der Waals surface area contributed by atoms with E-state index in [-0.39, 0.29) is 5.69 Å². The number of aromatic nitrogens is 4. The Hall–Kier alpha value is -2.18. The van der Waals surface area contributed by atoms with E-state index in [9.17, 15) is 10.1 Å². The van der Waals surface area contributed by atoms with Crippen LogP contribution in [0.1, 0.15) is 5.56 Å². The van der Waals surface area contributed by atoms with Gasteiger partial charge in [-0.15, -0.1) is 0 Å². The minimum absolute atomic E-state index is 0.00103. The van der Waals surface area contributed by atoms with E-state index in [2.05, 4.69) is 10.2 Å². The zero-order chi connectivity index (χ0) is 10.8. The fourth-order valence-corrected chi connectivity index (χ4v) is 1.27. The third-order valence-electron chi connectivity index (χ3n) is 1.93. The predicted molar refractivity (Wildman–Crippen MR) is 51.2 cm³/mol. The third kappa shape index (κ3) is 2.01. The van der Waals surface area contributed by atoms with Crippen LogP contribution in [0.25, 0.3) is 0 Å². The molecule has 0 fully saturated rings. The van der Waals surface area contributed by atoms with E-state index in [0.29, 0.717) is 6.54 Å². The molecule has 0 N–H and O–H groups in total. The highest BCUT2D eigenvalue weighted by Crippen LogP contribution is 2.09. The van der Waals surface area contributed by atoms with Gasteiger partial charge in [0.15, 0.2) is 0 Å². The summed E-state index contributed by atoms with van der Waals surface area (Å²) >= 11 is 0. The van der Waals surface area contributed by atoms with Crippen molar-refractivity contribution in [2.75, 3.05) is 0 Å². The molecule has 0 bridgehead atoms. The SMILES string of the molecule is Cn1cc(Cn2cc([N+](=O)[O-])cn2)cn1. The molecule has 0 aliphatic heterocycles. The van der Waals surface area contributed by atoms with Crippen LogP contribution in [0.4, 0.5) is 5.69 Å². The molecule has 2 aromatic rings. The number of rotatable bonds is 3. The molecule has 7 heteroatoms. The van der Waals surface area contributed by atoms with Crippen LogP contribution in [0, 0.1) is 10.1 Å². The third-order valence-corrected chi connectivity index (χ3v) is 1.93. The highest BCUT2D eigenvalue weighted by atomic mass is 16.6. The number of nitro groups is 1. The average Bonchev–Trinajstić information content (AvgIpc) is 2.76. The summed E-state index contributed by atoms with van der Waals surface area (Å²) < 4.78 is 3.18. The van der Waals surface area contributed by atoms with Crippen molar-refractivity contribution in [3.05, 3.63) is 40.5 Å². The lowest BCUT2D eigenvalue weighted by Gasteiger charge is -1.95. The van der Waals surface area contributed by atoms with Crippen LogP contribution in [-0.4, -0.2) is 24.5 Å². The highest BCUT2D eigenvalue weighted by molar-refractivity contribution is 5.21. The molecule has 2 aromatic heterocycles. The maximum Gasteiger partial charge on any atom is 0.307 e. The minimum Gasteiger partial charge on any atom is -0.275 e. The first-order valence-corrected chi connectivity index (χ1v) is 4.29. The van der Waals surface area contributed by atoms with Gasteiger partial charge in [0.05, 0.1) is 17.7 Å². The van der Waals surface area contributed by atoms with E-state index in [1.807, 2.05) is 13.2 Å². The Morgan fingerprint density at radius 2 is 2.20 bits per heavy atom. The second kappa shape index (κ2) is 3.52. The average molecular weight is 207 g/mol. The van der Waals surface area contributed by atoms with Crippen molar-refractivity contribution in [3.63, 3.8) is 0 Å². The Bertz CT molecular complexity index is 487. The van der Waals surface area contributed by atoms with Gasteiger partial charge >= 0.3 is 5.69 Å². The topological polar surface area (TPSA) is 78.8 Å². The number of hydrogen-bond donors (Lipinski definition) is 0. The van der Waals surface area contributed by atoms with E-state index in [1.54, 1.807) is 10.9 Å². The Morgan fingerprint density at radius 3 is 2.73 bits per heavy atom. The van der Waals surface area contributed by atoms with Crippen molar-refractivity contribution in [2.45, 2.75) is 6.54 Å². The van der Waals surface area contributed by atoms with E-state index in [4.69, 9.17) is 0 Å². The van der Waals surface area contributed by atoms with Crippen molar-refractivity contribution in [2.24, 2.45) is 7.05 Å². The molecule has 7 nitrogen and oxygen atoms in total. The minimum atomic E-state index is -0.466. The molecule has 0 aliphatic carbocycles. The molecule has 0 unspecified atom stereocenters. The number of aryl methyl sites for hydroxylation is 1. The molecule has 0 aromatic carbocycles. The van der Waals surface area contributed by atoms with Gasteiger partial charge < -0.3 is 0 Å². The zero-order valence-electron chi connectivity index (χ0n) is 8.07. The fraction of sp³-hybridized carbons (Fsp3) is 0.250. The van der Waals surface area contributed by atoms with Crippen LogP contribution in [0.3, 0.4) is 0 Å². The molecule has 0 saturated heterocycles. The lowest BCUT2D eigenvalue weighted by atomic mass is 10.4. The van der Waals surface area contributed by atoms with Gasteiger partial charge in [0.1, 0.15) is 12.4 Å². The van der Waals surface area contributed by atoms with Crippen molar-refractivity contribution < 1.29 is 4.92 Å². The smallest absolute Gasteiger partial charge is 0.275 e. The van der Waals surface area contributed by atoms with Gasteiger partial charge in [-0.05, 0) is 0 Å². The van der Waals surface area contributed by atoms with Gasteiger partial charge in [0.25, 0.3) is 0 Å². The highest BCUT2D eigenvalue weighted by Gasteiger charge is 2.08. The van der Waals surface area contributed by atoms with Crippen LogP contribution >= 0.6 is 0 Å². The second-order valence-electron chi connectivity index (χ2n) is 3.18. The summed E-state index contributed by atoms with van der Waals surface area (Å²) in [5.41, 5.74) is 0.953. The van der Waals surface area contributed by atoms with Crippen LogP contribution in [-0.2, 0) is 13.6 Å². The van der Waals surface area contributed by atoms with Gasteiger partial charge in [-0.1, -0.05) is 0 Å². The van der Waals surface area contributed by atoms with E-state index in [0.717, 1.165) is 5.56 Å². The summed E-state index contributed by atoms with van der Waals surface area (Å²) in [7, 11) is 1.81. The monoisotopic (exact) mass is 207 g/mol. The first-order chi connectivity index (χ1) is 7.15. The lowest BCUT2D eigenvalue weighted by molar-refractivity contribution is -0.385. The summed E-state index contributed by atoms with van der Waals surface area (Å²) in [6.45, 7) is 0.488. The Morgan fingerprint density at radius 1 is 1.40 bits per heavy atom. The summed E-state index contributed by atoms with van der Waals surface area (Å²) in [5.74, 6) is 0. The second-order valence-corrected chi connectivity index (χ2v) is 3.18. The molecule has 0 amide bonds. The van der Waals surface area contributed by atoms with Crippen molar-refractivity contribution >= 4 is 5.69 Å². The van der Waals surface area contributed by atoms with Gasteiger partial charge in [0, 0.05) is 18.8 Å². The van der Waals surface area contributed by atoms with E-state index >= 15 is 0 Å². The van der Waals surface area contributed by atoms with Gasteiger partial charge in [0.2, 0.25) is 0 Å². The molecule has 0 radical (unpaired) electrons. The van der Waals surface area contributed by atoms with Crippen LogP contribution in [0.2, 0.25) is 0 Å². The maximum atomic E-state index is 10.4. The maximum absolute atomic E-state index is 10.4. The van der Waals surface area contributed by atoms with Crippen LogP contribution in [0.15, 0.2) is 24.8 Å². The Kier molecular flexibility index (Phi) is 2.20. The van der Waals surface area contributed by atoms with Crippen molar-refractivity contribution in [1.82, 2.24) is 19.6 Å². The number of nitrogens with zero attached hydrogens (tertiary/aromatic N) is 5. The molecule has 15 heavy (non-hydrogen) atoms. The normalized spacial score (nSPS) is 10.5. The molecule has 0 saturated carbocycles. The lowest BCUT2D eigenvalue weighted by Crippen LogP contribution is -1.98. The first kappa shape index (κ1) is 9.38. The summed E-state index contributed by atoms with van der Waals surface area (Å²) in [4.78, 5) is 9.94. The molecule has 2 heterocycles. The zero-order valence-corrected chi connectivity index (χ0v) is 8.07. The Labute approximate surface area is 85.1 Å². The van der Waals surface area contributed by atoms with Gasteiger partial charge in [-0.3, -0.25) is 19.5 Å². The molecule has 0 atom stereocenters. The van der Waals surface area contributed by atoms with Crippen LogP contribution < -0.4 is 0 Å². The molecular weight excluding hydrogens is 198 g/mol. The molecule has 0 aliphatic rings. The molecule has 2 rings (SSSR count). The van der Waals surface area contributed by atoms with Gasteiger partial charge in [-0.25, -0.2) is 0 Å². The first-order valence-electron chi connectivity index (χ1n) is 4.29. The van der Waals surface area contributed by atoms with Gasteiger partial charge in [-0.2, -0.15) is 10.2 Å². The summed E-state index contributed by atoms with van der Waals surface area (Å²) in [5, 5.41) is 18.3. The van der Waals surface area contributed by atoms with E-state index < -0.39 is 4.92 Å². The fourth-order valence-electron chi connectivity index (χ4n) is 1.27. The Balaban J connectivity index is 2.14. The van der Waals surface area contributed by atoms with Crippen LogP contribution in [0.5, 0.6) is 0 Å². The standard InChI is InChI=1S/C8H9N5O2/c1-11-4-7(2-9-11)5-12-6-8(3-10-12)13(14)15/h2-4,6H,5H2,1H3. The van der Waals surface area contributed by atoms with E-state index in [1.165, 1.54) is 17.1 Å².